The van der Waals surface area contributed by atoms with E-state index in [0.717, 1.165) is 5.69 Å². The van der Waals surface area contributed by atoms with Crippen molar-refractivity contribution in [2.24, 2.45) is 5.84 Å². The van der Waals surface area contributed by atoms with Gasteiger partial charge < -0.3 is 15.6 Å². The molecule has 0 aliphatic heterocycles. The van der Waals surface area contributed by atoms with Crippen LogP contribution >= 0.6 is 0 Å². The number of anilines is 4. The van der Waals surface area contributed by atoms with E-state index in [9.17, 15) is 10.1 Å². The van der Waals surface area contributed by atoms with E-state index in [-0.39, 0.29) is 17.3 Å². The van der Waals surface area contributed by atoms with Crippen molar-refractivity contribution in [3.63, 3.8) is 0 Å². The van der Waals surface area contributed by atoms with Gasteiger partial charge in [0.1, 0.15) is 6.33 Å². The van der Waals surface area contributed by atoms with Gasteiger partial charge in [-0.1, -0.05) is 6.07 Å². The minimum absolute atomic E-state index is 0.0544. The standard InChI is InChI=1S/C12H15N7O2/c1-18(2)9-5-3-4-8(6-9)16-11-10(19(20)21)12(17-13)15-7-14-11/h3-7H,13H2,1-2H3,(H2,14,15,16,17). The summed E-state index contributed by atoms with van der Waals surface area (Å²) in [5.74, 6) is 5.25. The number of nitrogens with two attached hydrogens (primary N) is 1. The summed E-state index contributed by atoms with van der Waals surface area (Å²) in [5, 5.41) is 14.1. The van der Waals surface area contributed by atoms with Crippen LogP contribution < -0.4 is 21.5 Å². The molecule has 0 unspecified atom stereocenters. The maximum Gasteiger partial charge on any atom is 0.354 e. The molecule has 1 aromatic carbocycles. The third kappa shape index (κ3) is 3.15. The van der Waals surface area contributed by atoms with Crippen molar-refractivity contribution in [1.82, 2.24) is 9.97 Å². The van der Waals surface area contributed by atoms with Gasteiger partial charge in [-0.2, -0.15) is 0 Å². The first-order valence-corrected chi connectivity index (χ1v) is 6.03. The van der Waals surface area contributed by atoms with E-state index in [1.165, 1.54) is 6.33 Å². The van der Waals surface area contributed by atoms with E-state index >= 15 is 0 Å². The molecule has 21 heavy (non-hydrogen) atoms. The van der Waals surface area contributed by atoms with Crippen LogP contribution in [0.15, 0.2) is 30.6 Å². The summed E-state index contributed by atoms with van der Waals surface area (Å²) in [6, 6.07) is 7.40. The van der Waals surface area contributed by atoms with Crippen LogP contribution in [-0.4, -0.2) is 29.0 Å². The topological polar surface area (TPSA) is 122 Å². The van der Waals surface area contributed by atoms with Crippen LogP contribution in [0.4, 0.5) is 28.7 Å². The highest BCUT2D eigenvalue weighted by molar-refractivity contribution is 5.74. The van der Waals surface area contributed by atoms with Crippen LogP contribution in [-0.2, 0) is 0 Å². The number of hydrazine groups is 1. The SMILES string of the molecule is CN(C)c1cccc(Nc2ncnc(NN)c2[N+](=O)[O-])c1. The van der Waals surface area contributed by atoms with Crippen molar-refractivity contribution < 1.29 is 4.92 Å². The fourth-order valence-corrected chi connectivity index (χ4v) is 1.75. The average molecular weight is 289 g/mol. The molecule has 9 nitrogen and oxygen atoms in total. The molecule has 1 aromatic heterocycles. The molecule has 4 N–H and O–H groups in total. The predicted octanol–water partition coefficient (Wildman–Crippen LogP) is 1.48. The largest absolute Gasteiger partial charge is 0.378 e. The van der Waals surface area contributed by atoms with Gasteiger partial charge in [0.25, 0.3) is 0 Å². The number of hydrogen-bond donors (Lipinski definition) is 3. The van der Waals surface area contributed by atoms with Crippen molar-refractivity contribution >= 4 is 28.7 Å². The van der Waals surface area contributed by atoms with Gasteiger partial charge in [-0.25, -0.2) is 15.8 Å². The van der Waals surface area contributed by atoms with Crippen molar-refractivity contribution in [1.29, 1.82) is 0 Å². The molecule has 2 rings (SSSR count). The first kappa shape index (κ1) is 14.5. The molecule has 0 fully saturated rings. The Morgan fingerprint density at radius 3 is 2.62 bits per heavy atom. The molecule has 0 saturated carbocycles. The molecule has 110 valence electrons. The lowest BCUT2D eigenvalue weighted by Gasteiger charge is -2.14. The van der Waals surface area contributed by atoms with E-state index < -0.39 is 4.92 Å². The van der Waals surface area contributed by atoms with Gasteiger partial charge in [-0.3, -0.25) is 10.1 Å². The normalized spacial score (nSPS) is 10.0. The fourth-order valence-electron chi connectivity index (χ4n) is 1.75. The molecule has 0 radical (unpaired) electrons. The maximum atomic E-state index is 11.1. The Morgan fingerprint density at radius 1 is 1.29 bits per heavy atom. The van der Waals surface area contributed by atoms with Gasteiger partial charge in [0.2, 0.25) is 11.6 Å². The van der Waals surface area contributed by atoms with E-state index in [1.807, 2.05) is 37.2 Å². The minimum Gasteiger partial charge on any atom is -0.378 e. The second-order valence-electron chi connectivity index (χ2n) is 4.39. The number of benzene rings is 1. The van der Waals surface area contributed by atoms with Gasteiger partial charge >= 0.3 is 5.69 Å². The Bertz CT molecular complexity index is 660. The number of nitrogen functional groups attached to an aromatic ring is 1. The minimum atomic E-state index is -0.590. The molecule has 9 heteroatoms. The lowest BCUT2D eigenvalue weighted by molar-refractivity contribution is -0.383. The molecule has 2 aromatic rings. The second kappa shape index (κ2) is 6.01. The van der Waals surface area contributed by atoms with E-state index in [1.54, 1.807) is 6.07 Å². The Kier molecular flexibility index (Phi) is 4.14. The molecule has 0 saturated heterocycles. The highest BCUT2D eigenvalue weighted by atomic mass is 16.6. The summed E-state index contributed by atoms with van der Waals surface area (Å²) in [6.45, 7) is 0. The van der Waals surface area contributed by atoms with Crippen molar-refractivity contribution in [3.8, 4) is 0 Å². The third-order valence-electron chi connectivity index (χ3n) is 2.77. The number of nitro groups is 1. The molecule has 0 spiro atoms. The Labute approximate surface area is 120 Å². The van der Waals surface area contributed by atoms with Crippen LogP contribution in [0.3, 0.4) is 0 Å². The third-order valence-corrected chi connectivity index (χ3v) is 2.77. The summed E-state index contributed by atoms with van der Waals surface area (Å²) in [6.07, 6.45) is 1.19. The Morgan fingerprint density at radius 2 is 2.00 bits per heavy atom. The monoisotopic (exact) mass is 289 g/mol. The molecule has 0 amide bonds. The molecule has 0 atom stereocenters. The summed E-state index contributed by atoms with van der Waals surface area (Å²) in [5.41, 5.74) is 3.51. The molecule has 1 heterocycles. The van der Waals surface area contributed by atoms with Gasteiger partial charge in [0.05, 0.1) is 4.92 Å². The number of rotatable bonds is 5. The first-order valence-electron chi connectivity index (χ1n) is 6.03. The zero-order valence-corrected chi connectivity index (χ0v) is 11.6. The molecule has 0 bridgehead atoms. The van der Waals surface area contributed by atoms with E-state index in [2.05, 4.69) is 20.7 Å². The quantitative estimate of drug-likeness (QED) is 0.430. The van der Waals surface area contributed by atoms with Crippen LogP contribution in [0.25, 0.3) is 0 Å². The molecule has 0 aliphatic carbocycles. The van der Waals surface area contributed by atoms with Crippen LogP contribution in [0.1, 0.15) is 0 Å². The van der Waals surface area contributed by atoms with Gasteiger partial charge in [-0.05, 0) is 18.2 Å². The molecule has 0 aliphatic rings. The van der Waals surface area contributed by atoms with E-state index in [0.29, 0.717) is 5.69 Å². The van der Waals surface area contributed by atoms with Gasteiger partial charge in [0.15, 0.2) is 0 Å². The lowest BCUT2D eigenvalue weighted by Crippen LogP contribution is -2.13. The Hall–Kier alpha value is -2.94. The van der Waals surface area contributed by atoms with Crippen molar-refractivity contribution in [2.45, 2.75) is 0 Å². The van der Waals surface area contributed by atoms with Crippen molar-refractivity contribution in [2.75, 3.05) is 29.7 Å². The zero-order chi connectivity index (χ0) is 15.4. The molecular formula is C12H15N7O2. The smallest absolute Gasteiger partial charge is 0.354 e. The summed E-state index contributed by atoms with van der Waals surface area (Å²) in [7, 11) is 3.81. The Balaban J connectivity index is 2.40. The fraction of sp³-hybridized carbons (Fsp3) is 0.167. The zero-order valence-electron chi connectivity index (χ0n) is 11.6. The highest BCUT2D eigenvalue weighted by Crippen LogP contribution is 2.31. The van der Waals surface area contributed by atoms with E-state index in [4.69, 9.17) is 5.84 Å². The highest BCUT2D eigenvalue weighted by Gasteiger charge is 2.22. The first-order chi connectivity index (χ1) is 10.0. The maximum absolute atomic E-state index is 11.1. The number of hydrogen-bond acceptors (Lipinski definition) is 8. The summed E-state index contributed by atoms with van der Waals surface area (Å²) >= 11 is 0. The van der Waals surface area contributed by atoms with Crippen LogP contribution in [0.2, 0.25) is 0 Å². The second-order valence-corrected chi connectivity index (χ2v) is 4.39. The lowest BCUT2D eigenvalue weighted by atomic mass is 10.2. The average Bonchev–Trinajstić information content (AvgIpc) is 2.46. The number of aromatic nitrogens is 2. The number of nitrogens with one attached hydrogen (secondary N) is 2. The molecular weight excluding hydrogens is 274 g/mol. The van der Waals surface area contributed by atoms with Gasteiger partial charge in [-0.15, -0.1) is 0 Å². The summed E-state index contributed by atoms with van der Waals surface area (Å²) < 4.78 is 0. The van der Waals surface area contributed by atoms with Crippen LogP contribution in [0, 0.1) is 10.1 Å². The van der Waals surface area contributed by atoms with Crippen LogP contribution in [0.5, 0.6) is 0 Å². The summed E-state index contributed by atoms with van der Waals surface area (Å²) in [4.78, 5) is 20.1. The number of nitrogens with zero attached hydrogens (tertiary/aromatic N) is 4. The predicted molar refractivity (Wildman–Crippen MR) is 80.5 cm³/mol. The van der Waals surface area contributed by atoms with Gasteiger partial charge in [0, 0.05) is 25.5 Å². The van der Waals surface area contributed by atoms with Crippen molar-refractivity contribution in [3.05, 3.63) is 40.7 Å².